The van der Waals surface area contributed by atoms with Crippen molar-refractivity contribution in [3.05, 3.63) is 91.6 Å². The van der Waals surface area contributed by atoms with Gasteiger partial charge in [0.25, 0.3) is 0 Å². The lowest BCUT2D eigenvalue weighted by atomic mass is 9.96. The molecule has 1 unspecified atom stereocenters. The van der Waals surface area contributed by atoms with Gasteiger partial charge in [-0.05, 0) is 48.2 Å². The van der Waals surface area contributed by atoms with Crippen molar-refractivity contribution in [3.63, 3.8) is 0 Å². The molecule has 5 heteroatoms. The summed E-state index contributed by atoms with van der Waals surface area (Å²) in [6.07, 6.45) is 6.49. The summed E-state index contributed by atoms with van der Waals surface area (Å²) < 4.78 is 0. The smallest absolute Gasteiger partial charge is 0.210 e. The number of aryl methyl sites for hydroxylation is 2. The van der Waals surface area contributed by atoms with Crippen molar-refractivity contribution >= 4 is 17.7 Å². The minimum absolute atomic E-state index is 0.158. The zero-order valence-electron chi connectivity index (χ0n) is 16.6. The van der Waals surface area contributed by atoms with E-state index in [0.29, 0.717) is 22.3 Å². The minimum atomic E-state index is -0.459. The number of allylic oxidation sites excluding steroid dienone is 1. The van der Waals surface area contributed by atoms with E-state index in [1.165, 1.54) is 6.07 Å². The Hall–Kier alpha value is -3.21. The van der Waals surface area contributed by atoms with Crippen LogP contribution in [0.4, 0.5) is 5.69 Å². The Kier molecular flexibility index (Phi) is 7.27. The SMILES string of the molecule is CCC=N/C=C\C(C)c1ccc(C(=O)c2cc(N=O)c(=O)c(C)cc2C)cc1. The van der Waals surface area contributed by atoms with E-state index in [9.17, 15) is 14.5 Å². The van der Waals surface area contributed by atoms with Crippen LogP contribution in [0, 0.1) is 18.8 Å². The molecule has 5 nitrogen and oxygen atoms in total. The van der Waals surface area contributed by atoms with Gasteiger partial charge in [0.2, 0.25) is 5.43 Å². The first-order chi connectivity index (χ1) is 13.4. The molecule has 2 rings (SSSR count). The number of benzene rings is 1. The molecule has 0 aromatic heterocycles. The molecule has 0 radical (unpaired) electrons. The van der Waals surface area contributed by atoms with Crippen LogP contribution in [-0.4, -0.2) is 12.0 Å². The van der Waals surface area contributed by atoms with Crippen LogP contribution < -0.4 is 5.43 Å². The number of rotatable bonds is 7. The monoisotopic (exact) mass is 376 g/mol. The molecular weight excluding hydrogens is 352 g/mol. The van der Waals surface area contributed by atoms with Crippen LogP contribution in [0.15, 0.2) is 63.6 Å². The summed E-state index contributed by atoms with van der Waals surface area (Å²) in [4.78, 5) is 40.2. The number of ketones is 1. The lowest BCUT2D eigenvalue weighted by Gasteiger charge is -2.08. The number of hydrogen-bond acceptors (Lipinski definition) is 5. The van der Waals surface area contributed by atoms with Crippen molar-refractivity contribution in [1.82, 2.24) is 0 Å². The molecule has 1 atom stereocenters. The first-order valence-electron chi connectivity index (χ1n) is 9.20. The van der Waals surface area contributed by atoms with Crippen molar-refractivity contribution in [1.29, 1.82) is 0 Å². The Balaban J connectivity index is 2.35. The first-order valence-corrected chi connectivity index (χ1v) is 9.20. The van der Waals surface area contributed by atoms with Crippen LogP contribution in [-0.2, 0) is 0 Å². The largest absolute Gasteiger partial charge is 0.289 e. The third kappa shape index (κ3) is 4.94. The van der Waals surface area contributed by atoms with Gasteiger partial charge in [-0.1, -0.05) is 50.3 Å². The summed E-state index contributed by atoms with van der Waals surface area (Å²) in [6, 6.07) is 10.2. The topological polar surface area (TPSA) is 75.9 Å². The summed E-state index contributed by atoms with van der Waals surface area (Å²) in [5.74, 6) is -0.0920. The first kappa shape index (κ1) is 21.1. The maximum Gasteiger partial charge on any atom is 0.210 e. The van der Waals surface area contributed by atoms with E-state index in [0.717, 1.165) is 12.0 Å². The Labute approximate surface area is 164 Å². The summed E-state index contributed by atoms with van der Waals surface area (Å²) >= 11 is 0. The van der Waals surface area contributed by atoms with Gasteiger partial charge in [-0.3, -0.25) is 14.6 Å². The number of nitroso groups, excluding NO2 is 1. The molecule has 0 fully saturated rings. The van der Waals surface area contributed by atoms with E-state index < -0.39 is 5.43 Å². The Morgan fingerprint density at radius 2 is 1.79 bits per heavy atom. The molecule has 0 saturated carbocycles. The number of nitrogens with zero attached hydrogens (tertiary/aromatic N) is 2. The van der Waals surface area contributed by atoms with Crippen molar-refractivity contribution in [2.45, 2.75) is 40.0 Å². The molecule has 0 aliphatic heterocycles. The molecule has 0 bridgehead atoms. The predicted octanol–water partition coefficient (Wildman–Crippen LogP) is 5.39. The van der Waals surface area contributed by atoms with Crippen molar-refractivity contribution < 1.29 is 4.79 Å². The Morgan fingerprint density at radius 1 is 1.11 bits per heavy atom. The third-order valence-corrected chi connectivity index (χ3v) is 4.52. The molecule has 0 N–H and O–H groups in total. The van der Waals surface area contributed by atoms with Crippen LogP contribution in [0.3, 0.4) is 0 Å². The fourth-order valence-corrected chi connectivity index (χ4v) is 2.85. The highest BCUT2D eigenvalue weighted by Crippen LogP contribution is 2.21. The van der Waals surface area contributed by atoms with Gasteiger partial charge >= 0.3 is 0 Å². The molecule has 144 valence electrons. The van der Waals surface area contributed by atoms with E-state index >= 15 is 0 Å². The van der Waals surface area contributed by atoms with Gasteiger partial charge in [-0.15, -0.1) is 4.91 Å². The van der Waals surface area contributed by atoms with Gasteiger partial charge in [0.05, 0.1) is 0 Å². The number of carbonyl (C=O) groups excluding carboxylic acids is 1. The fraction of sp³-hybridized carbons (Fsp3) is 0.261. The molecule has 0 aliphatic rings. The number of hydrogen-bond donors (Lipinski definition) is 0. The summed E-state index contributed by atoms with van der Waals surface area (Å²) in [6.45, 7) is 7.42. The van der Waals surface area contributed by atoms with Crippen LogP contribution in [0.1, 0.15) is 58.8 Å². The van der Waals surface area contributed by atoms with Gasteiger partial charge in [0, 0.05) is 29.5 Å². The molecule has 0 amide bonds. The predicted molar refractivity (Wildman–Crippen MR) is 114 cm³/mol. The maximum absolute atomic E-state index is 12.9. The zero-order chi connectivity index (χ0) is 20.7. The summed E-state index contributed by atoms with van der Waals surface area (Å²) in [5, 5.41) is 2.79. The molecule has 2 aromatic rings. The number of carbonyl (C=O) groups is 1. The second kappa shape index (κ2) is 9.65. The molecule has 28 heavy (non-hydrogen) atoms. The molecule has 0 spiro atoms. The van der Waals surface area contributed by atoms with Gasteiger partial charge in [-0.25, -0.2) is 0 Å². The molecule has 2 aromatic carbocycles. The second-order valence-corrected chi connectivity index (χ2v) is 6.70. The maximum atomic E-state index is 12.9. The normalized spacial score (nSPS) is 12.4. The summed E-state index contributed by atoms with van der Waals surface area (Å²) in [5.41, 5.74) is 2.14. The van der Waals surface area contributed by atoms with Crippen LogP contribution >= 0.6 is 0 Å². The van der Waals surface area contributed by atoms with E-state index in [4.69, 9.17) is 0 Å². The Bertz CT molecular complexity index is 990. The Morgan fingerprint density at radius 3 is 2.39 bits per heavy atom. The van der Waals surface area contributed by atoms with E-state index in [2.05, 4.69) is 17.1 Å². The third-order valence-electron chi connectivity index (χ3n) is 4.52. The molecule has 0 aliphatic carbocycles. The van der Waals surface area contributed by atoms with E-state index in [-0.39, 0.29) is 17.4 Å². The van der Waals surface area contributed by atoms with Gasteiger partial charge in [-0.2, -0.15) is 0 Å². The molecule has 0 heterocycles. The highest BCUT2D eigenvalue weighted by atomic mass is 16.3. The average molecular weight is 376 g/mol. The zero-order valence-corrected chi connectivity index (χ0v) is 16.6. The standard InChI is InChI=1S/C23H24N2O3/c1-5-11-24-12-10-15(2)18-6-8-19(9-7-18)23(27)20-14-21(25-28)22(26)17(4)13-16(20)3/h6-15H,5H2,1-4H3/b12-10-,24-11?. The minimum Gasteiger partial charge on any atom is -0.289 e. The fourth-order valence-electron chi connectivity index (χ4n) is 2.85. The molecule has 0 saturated heterocycles. The summed E-state index contributed by atoms with van der Waals surface area (Å²) in [7, 11) is 0. The van der Waals surface area contributed by atoms with Crippen molar-refractivity contribution in [3.8, 4) is 0 Å². The highest BCUT2D eigenvalue weighted by molar-refractivity contribution is 6.10. The van der Waals surface area contributed by atoms with Gasteiger partial charge in [0.1, 0.15) is 0 Å². The molecular formula is C23H24N2O3. The van der Waals surface area contributed by atoms with E-state index in [1.54, 1.807) is 38.2 Å². The quantitative estimate of drug-likeness (QED) is 0.369. The average Bonchev–Trinajstić information content (AvgIpc) is 2.81. The van der Waals surface area contributed by atoms with E-state index in [1.807, 2.05) is 31.3 Å². The lowest BCUT2D eigenvalue weighted by molar-refractivity contribution is 0.103. The van der Waals surface area contributed by atoms with Crippen LogP contribution in [0.5, 0.6) is 0 Å². The van der Waals surface area contributed by atoms with Gasteiger partial charge < -0.3 is 0 Å². The van der Waals surface area contributed by atoms with Crippen LogP contribution in [0.25, 0.3) is 0 Å². The second-order valence-electron chi connectivity index (χ2n) is 6.70. The van der Waals surface area contributed by atoms with Crippen molar-refractivity contribution in [2.75, 3.05) is 0 Å². The number of aliphatic imine (C=N–C) groups is 1. The van der Waals surface area contributed by atoms with Crippen molar-refractivity contribution in [2.24, 2.45) is 10.2 Å². The van der Waals surface area contributed by atoms with Gasteiger partial charge in [0.15, 0.2) is 11.5 Å². The van der Waals surface area contributed by atoms with Crippen LogP contribution in [0.2, 0.25) is 0 Å². The lowest BCUT2D eigenvalue weighted by Crippen LogP contribution is -2.03. The highest BCUT2D eigenvalue weighted by Gasteiger charge is 2.15.